The summed E-state index contributed by atoms with van der Waals surface area (Å²) in [6, 6.07) is -12.4. The highest BCUT2D eigenvalue weighted by atomic mass is 32.2. The normalized spacial score (nSPS) is 26.6. The first kappa shape index (κ1) is 79.2. The van der Waals surface area contributed by atoms with E-state index in [1.165, 1.54) is 87.7 Å². The van der Waals surface area contributed by atoms with Crippen LogP contribution in [0.25, 0.3) is 0 Å². The maximum absolute atomic E-state index is 15.2. The summed E-state index contributed by atoms with van der Waals surface area (Å²) < 4.78 is 0. The van der Waals surface area contributed by atoms with Gasteiger partial charge in [-0.3, -0.25) is 52.7 Å². The summed E-state index contributed by atoms with van der Waals surface area (Å²) in [6.07, 6.45) is 5.19. The molecule has 0 bridgehead atoms. The highest BCUT2D eigenvalue weighted by molar-refractivity contribution is 7.98. The fourth-order valence-electron chi connectivity index (χ4n) is 10.8. The molecule has 0 unspecified atom stereocenters. The molecule has 1 fully saturated rings. The van der Waals surface area contributed by atoms with Crippen molar-refractivity contribution in [2.45, 2.75) is 216 Å². The molecule has 0 aliphatic carbocycles. The molecule has 0 spiro atoms. The Bertz CT molecular complexity index is 2370. The van der Waals surface area contributed by atoms with Crippen LogP contribution in [-0.4, -0.2) is 239 Å². The molecule has 1 rings (SSSR count). The van der Waals surface area contributed by atoms with Crippen molar-refractivity contribution >= 4 is 76.7 Å². The number of nitrogens with one attached hydrogen (secondary N) is 4. The van der Waals surface area contributed by atoms with Crippen LogP contribution in [-0.2, 0) is 52.7 Å². The molecule has 1 heterocycles. The van der Waals surface area contributed by atoms with E-state index in [9.17, 15) is 48.3 Å². The number of likely N-dealkylation sites (N-methyl/N-ethyl adjacent to an activating group) is 7. The van der Waals surface area contributed by atoms with E-state index < -0.39 is 156 Å². The summed E-state index contributed by atoms with van der Waals surface area (Å²) in [6.45, 7) is 27.6. The largest absolute Gasteiger partial charge is 0.390 e. The molecule has 1 saturated heterocycles. The summed E-state index contributed by atoms with van der Waals surface area (Å²) >= 11 is 1.59. The molecule has 1 aliphatic heterocycles. The molecule has 11 amide bonds. The average molecular weight is 1250 g/mol. The number of carbonyl (C=O) groups excluding carboxylic acids is 11. The van der Waals surface area contributed by atoms with Crippen LogP contribution in [0.15, 0.2) is 12.2 Å². The van der Waals surface area contributed by atoms with Gasteiger partial charge in [-0.25, -0.2) is 0 Å². The molecule has 23 nitrogen and oxygen atoms in total. The summed E-state index contributed by atoms with van der Waals surface area (Å²) in [5.41, 5.74) is 0. The van der Waals surface area contributed by atoms with Crippen molar-refractivity contribution in [3.63, 3.8) is 0 Å². The number of carbonyl (C=O) groups is 11. The van der Waals surface area contributed by atoms with Crippen LogP contribution in [0.3, 0.4) is 0 Å². The zero-order valence-corrected chi connectivity index (χ0v) is 58.0. The van der Waals surface area contributed by atoms with Crippen molar-refractivity contribution in [1.29, 1.82) is 0 Å². The van der Waals surface area contributed by atoms with Gasteiger partial charge in [0.2, 0.25) is 65.0 Å². The van der Waals surface area contributed by atoms with Gasteiger partial charge in [-0.1, -0.05) is 109 Å². The number of aliphatic hydroxyl groups is 1. The number of allylic oxidation sites excluding steroid dienone is 1. The van der Waals surface area contributed by atoms with E-state index in [4.69, 9.17) is 0 Å². The predicted molar refractivity (Wildman–Crippen MR) is 341 cm³/mol. The van der Waals surface area contributed by atoms with Crippen molar-refractivity contribution in [3.05, 3.63) is 12.2 Å². The van der Waals surface area contributed by atoms with Crippen LogP contribution >= 0.6 is 11.8 Å². The lowest BCUT2D eigenvalue weighted by atomic mass is 9.91. The van der Waals surface area contributed by atoms with E-state index in [0.717, 1.165) is 9.80 Å². The molecule has 24 heteroatoms. The van der Waals surface area contributed by atoms with Crippen molar-refractivity contribution in [2.75, 3.05) is 67.9 Å². The second-order valence-corrected chi connectivity index (χ2v) is 27.4. The maximum atomic E-state index is 15.2. The van der Waals surface area contributed by atoms with Gasteiger partial charge in [-0.2, -0.15) is 11.8 Å². The number of nitrogens with zero attached hydrogens (tertiary/aromatic N) is 7. The van der Waals surface area contributed by atoms with Crippen molar-refractivity contribution in [3.8, 4) is 0 Å². The summed E-state index contributed by atoms with van der Waals surface area (Å²) in [7, 11) is 9.94. The Hall–Kier alpha value is -5.78. The zero-order chi connectivity index (χ0) is 67.4. The van der Waals surface area contributed by atoms with E-state index in [-0.39, 0.29) is 55.8 Å². The predicted octanol–water partition coefficient (Wildman–Crippen LogP) is 3.61. The van der Waals surface area contributed by atoms with Crippen molar-refractivity contribution in [1.82, 2.24) is 55.6 Å². The smallest absolute Gasteiger partial charge is 0.246 e. The van der Waals surface area contributed by atoms with Crippen LogP contribution in [0, 0.1) is 41.4 Å². The number of hydrogen-bond acceptors (Lipinski definition) is 13. The van der Waals surface area contributed by atoms with Gasteiger partial charge in [0.1, 0.15) is 60.4 Å². The standard InChI is InChI=1S/C63H113N11O12S/c1-25-44-59(82)68(17)34-49(75)69(18)45(30-35(2)3)56(79)67-50(39(10)11)62(85)70(19)46(31-36(4)5)55(78)64-42(15)54(77)65-43(16)58(81)71(20)47(32-37(6)7)60(83)72(21)48(33-38(8)9)61(84)73(22)51(40(12)13)63(86)74(23)52(57(80)66-44)53(76)41(14)28-26-27-29-87-24/h26-27,35-48,50-53,76H,25,28-34H2,1-24H3,(H,64,78)(H,65,77)(H,66,80)(H,67,79)/b27-26+/t41-,42+,43-,44+,45+,46+,47+,48+,50+,51+,52+,53-/m1/s1. The molecule has 87 heavy (non-hydrogen) atoms. The monoisotopic (exact) mass is 1250 g/mol. The van der Waals surface area contributed by atoms with Gasteiger partial charge >= 0.3 is 0 Å². The van der Waals surface area contributed by atoms with Crippen molar-refractivity contribution in [2.24, 2.45) is 41.4 Å². The minimum atomic E-state index is -1.62. The van der Waals surface area contributed by atoms with Gasteiger partial charge in [0.25, 0.3) is 0 Å². The summed E-state index contributed by atoms with van der Waals surface area (Å²) in [5, 5.41) is 23.2. The number of amides is 11. The molecule has 12 atom stereocenters. The Labute approximate surface area is 525 Å². The minimum Gasteiger partial charge on any atom is -0.390 e. The van der Waals surface area contributed by atoms with E-state index in [1.807, 2.05) is 73.8 Å². The third-order valence-electron chi connectivity index (χ3n) is 16.3. The first-order chi connectivity index (χ1) is 40.2. The Kier molecular flexibility index (Phi) is 33.4. The molecule has 1 aliphatic rings. The number of thioether (sulfide) groups is 1. The average Bonchev–Trinajstić information content (AvgIpc) is 1.87. The highest BCUT2D eigenvalue weighted by Gasteiger charge is 2.45. The van der Waals surface area contributed by atoms with E-state index >= 15 is 9.59 Å². The van der Waals surface area contributed by atoms with Crippen LogP contribution in [0.5, 0.6) is 0 Å². The molecule has 5 N–H and O–H groups in total. The molecular formula is C63H113N11O12S. The van der Waals surface area contributed by atoms with Gasteiger partial charge < -0.3 is 60.7 Å². The Morgan fingerprint density at radius 1 is 0.471 bits per heavy atom. The van der Waals surface area contributed by atoms with E-state index in [0.29, 0.717) is 12.2 Å². The lowest BCUT2D eigenvalue weighted by molar-refractivity contribution is -0.157. The SMILES string of the molecule is CC[C@@H]1NC(=O)[C@H]([C@H](O)[C@H](C)C/C=C/CSC)N(C)C(=O)[C@H](C(C)C)N(C)C(=O)[C@H](CC(C)C)N(C)C(=O)[C@H](CC(C)C)N(C)C(=O)[C@@H](C)NC(=O)[C@H](C)NC(=O)[C@H](CC(C)C)N(C)C(=O)[C@H](C(C)C)NC(=O)[C@H](CC(C)C)N(C)C(=O)CN(C)C1=O. The number of hydrogen-bond donors (Lipinski definition) is 5. The van der Waals surface area contributed by atoms with Crippen molar-refractivity contribution < 1.29 is 57.8 Å². The summed E-state index contributed by atoms with van der Waals surface area (Å²) in [5.74, 6) is -9.02. The van der Waals surface area contributed by atoms with Gasteiger partial charge in [-0.15, -0.1) is 0 Å². The fraction of sp³-hybridized carbons (Fsp3) is 0.794. The lowest BCUT2D eigenvalue weighted by Crippen LogP contribution is -2.63. The molecule has 0 saturated carbocycles. The zero-order valence-electron chi connectivity index (χ0n) is 57.2. The first-order valence-electron chi connectivity index (χ1n) is 31.1. The highest BCUT2D eigenvalue weighted by Crippen LogP contribution is 2.26. The topological polar surface area (TPSA) is 279 Å². The molecule has 498 valence electrons. The van der Waals surface area contributed by atoms with Crippen LogP contribution in [0.2, 0.25) is 0 Å². The lowest BCUT2D eigenvalue weighted by Gasteiger charge is -2.41. The van der Waals surface area contributed by atoms with E-state index in [1.54, 1.807) is 53.3 Å². The van der Waals surface area contributed by atoms with Crippen LogP contribution in [0.1, 0.15) is 149 Å². The molecule has 0 radical (unpaired) electrons. The maximum Gasteiger partial charge on any atom is 0.246 e. The third kappa shape index (κ3) is 23.0. The second kappa shape index (κ2) is 36.6. The molecule has 0 aromatic rings. The van der Waals surface area contributed by atoms with Gasteiger partial charge in [-0.05, 0) is 100 Å². The van der Waals surface area contributed by atoms with Crippen LogP contribution in [0.4, 0.5) is 0 Å². The van der Waals surface area contributed by atoms with Gasteiger partial charge in [0, 0.05) is 55.1 Å². The first-order valence-corrected chi connectivity index (χ1v) is 32.5. The molecule has 0 aromatic heterocycles. The van der Waals surface area contributed by atoms with E-state index in [2.05, 4.69) is 21.3 Å². The van der Waals surface area contributed by atoms with Crippen LogP contribution < -0.4 is 21.3 Å². The third-order valence-corrected chi connectivity index (χ3v) is 16.8. The Morgan fingerprint density at radius 2 is 0.897 bits per heavy atom. The quantitative estimate of drug-likeness (QED) is 0.130. The number of rotatable bonds is 17. The Balaban J connectivity index is 4.34. The van der Waals surface area contributed by atoms with Gasteiger partial charge in [0.15, 0.2) is 0 Å². The fourth-order valence-corrected chi connectivity index (χ4v) is 11.1. The molecular weight excluding hydrogens is 1130 g/mol. The van der Waals surface area contributed by atoms with Gasteiger partial charge in [0.05, 0.1) is 12.6 Å². The summed E-state index contributed by atoms with van der Waals surface area (Å²) in [4.78, 5) is 169. The Morgan fingerprint density at radius 3 is 1.36 bits per heavy atom. The number of aliphatic hydroxyl groups excluding tert-OH is 1. The minimum absolute atomic E-state index is 0.0217. The second-order valence-electron chi connectivity index (χ2n) is 26.5. The molecule has 0 aromatic carbocycles.